The largest absolute Gasteiger partial charge is 0.399 e. The van der Waals surface area contributed by atoms with Gasteiger partial charge in [-0.3, -0.25) is 4.79 Å². The van der Waals surface area contributed by atoms with Crippen molar-refractivity contribution in [3.05, 3.63) is 59.2 Å². The van der Waals surface area contributed by atoms with Crippen molar-refractivity contribution in [2.45, 2.75) is 19.9 Å². The van der Waals surface area contributed by atoms with E-state index in [4.69, 9.17) is 11.5 Å². The summed E-state index contributed by atoms with van der Waals surface area (Å²) in [5, 5.41) is 3.30. The molecule has 0 saturated heterocycles. The molecule has 104 valence electrons. The van der Waals surface area contributed by atoms with E-state index in [-0.39, 0.29) is 6.04 Å². The van der Waals surface area contributed by atoms with Crippen LogP contribution in [0.5, 0.6) is 0 Å². The van der Waals surface area contributed by atoms with Crippen LogP contribution in [0.1, 0.15) is 34.5 Å². The van der Waals surface area contributed by atoms with E-state index in [2.05, 4.69) is 29.6 Å². The molecule has 0 aliphatic heterocycles. The lowest BCUT2D eigenvalue weighted by atomic mass is 10.0. The Bertz CT molecular complexity index is 620. The molecule has 5 N–H and O–H groups in total. The number of nitrogen functional groups attached to an aromatic ring is 1. The number of carbonyl (C=O) groups is 1. The van der Waals surface area contributed by atoms with Gasteiger partial charge in [0, 0.05) is 17.4 Å². The summed E-state index contributed by atoms with van der Waals surface area (Å²) < 4.78 is 0. The fraction of sp³-hybridized carbons (Fsp3) is 0.188. The average Bonchev–Trinajstić information content (AvgIpc) is 2.41. The minimum atomic E-state index is -0.490. The van der Waals surface area contributed by atoms with Gasteiger partial charge >= 0.3 is 0 Å². The van der Waals surface area contributed by atoms with Crippen molar-refractivity contribution in [1.29, 1.82) is 0 Å². The number of aryl methyl sites for hydroxylation is 1. The quantitative estimate of drug-likeness (QED) is 0.746. The molecular formula is C16H19N3O. The second kappa shape index (κ2) is 5.65. The van der Waals surface area contributed by atoms with Crippen molar-refractivity contribution in [2.75, 3.05) is 11.1 Å². The van der Waals surface area contributed by atoms with Crippen LogP contribution in [0, 0.1) is 6.92 Å². The van der Waals surface area contributed by atoms with Crippen molar-refractivity contribution in [2.24, 2.45) is 5.73 Å². The summed E-state index contributed by atoms with van der Waals surface area (Å²) in [6, 6.07) is 13.4. The van der Waals surface area contributed by atoms with Gasteiger partial charge in [-0.2, -0.15) is 0 Å². The van der Waals surface area contributed by atoms with Crippen LogP contribution < -0.4 is 16.8 Å². The van der Waals surface area contributed by atoms with Gasteiger partial charge in [0.05, 0.1) is 5.56 Å². The smallest absolute Gasteiger partial charge is 0.250 e. The van der Waals surface area contributed by atoms with Crippen LogP contribution in [0.4, 0.5) is 11.4 Å². The van der Waals surface area contributed by atoms with Crippen LogP contribution in [0.2, 0.25) is 0 Å². The molecule has 0 radical (unpaired) electrons. The summed E-state index contributed by atoms with van der Waals surface area (Å²) in [6.07, 6.45) is 0. The zero-order valence-electron chi connectivity index (χ0n) is 11.7. The highest BCUT2D eigenvalue weighted by atomic mass is 16.1. The van der Waals surface area contributed by atoms with E-state index in [0.717, 1.165) is 5.56 Å². The highest BCUT2D eigenvalue weighted by Crippen LogP contribution is 2.24. The number of nitrogens with two attached hydrogens (primary N) is 2. The maximum Gasteiger partial charge on any atom is 0.250 e. The molecule has 1 amide bonds. The second-order valence-corrected chi connectivity index (χ2v) is 4.95. The number of hydrogen-bond donors (Lipinski definition) is 3. The molecule has 2 aromatic rings. The van der Waals surface area contributed by atoms with E-state index in [1.165, 1.54) is 5.56 Å². The highest BCUT2D eigenvalue weighted by Gasteiger charge is 2.12. The van der Waals surface area contributed by atoms with Gasteiger partial charge in [-0.1, -0.05) is 29.8 Å². The van der Waals surface area contributed by atoms with E-state index in [1.54, 1.807) is 18.2 Å². The van der Waals surface area contributed by atoms with Crippen molar-refractivity contribution < 1.29 is 4.79 Å². The zero-order chi connectivity index (χ0) is 14.7. The lowest BCUT2D eigenvalue weighted by Crippen LogP contribution is -2.16. The Morgan fingerprint density at radius 2 is 1.80 bits per heavy atom. The molecule has 0 saturated carbocycles. The third-order valence-electron chi connectivity index (χ3n) is 3.26. The Balaban J connectivity index is 2.25. The number of anilines is 2. The van der Waals surface area contributed by atoms with E-state index >= 15 is 0 Å². The molecule has 0 spiro atoms. The van der Waals surface area contributed by atoms with Gasteiger partial charge in [0.25, 0.3) is 5.91 Å². The first kappa shape index (κ1) is 13.9. The Kier molecular flexibility index (Phi) is 3.94. The maximum atomic E-state index is 11.5. The average molecular weight is 269 g/mol. The summed E-state index contributed by atoms with van der Waals surface area (Å²) in [4.78, 5) is 11.5. The van der Waals surface area contributed by atoms with Crippen LogP contribution in [-0.2, 0) is 0 Å². The monoisotopic (exact) mass is 269 g/mol. The predicted octanol–water partition coefficient (Wildman–Crippen LogP) is 2.85. The lowest BCUT2D eigenvalue weighted by molar-refractivity contribution is 0.100. The summed E-state index contributed by atoms with van der Waals surface area (Å²) >= 11 is 0. The minimum absolute atomic E-state index is 0.0670. The molecule has 4 nitrogen and oxygen atoms in total. The Morgan fingerprint density at radius 3 is 2.40 bits per heavy atom. The highest BCUT2D eigenvalue weighted by molar-refractivity contribution is 5.99. The molecule has 2 rings (SSSR count). The van der Waals surface area contributed by atoms with E-state index in [0.29, 0.717) is 16.9 Å². The molecule has 0 fully saturated rings. The zero-order valence-corrected chi connectivity index (χ0v) is 11.7. The van der Waals surface area contributed by atoms with Gasteiger partial charge in [0.2, 0.25) is 0 Å². The topological polar surface area (TPSA) is 81.1 Å². The summed E-state index contributed by atoms with van der Waals surface area (Å²) in [5.41, 5.74) is 15.0. The van der Waals surface area contributed by atoms with Gasteiger partial charge in [-0.15, -0.1) is 0 Å². The van der Waals surface area contributed by atoms with Gasteiger partial charge in [-0.25, -0.2) is 0 Å². The molecule has 1 unspecified atom stereocenters. The SMILES string of the molecule is Cc1ccc(C(C)Nc2ccc(N)cc2C(N)=O)cc1. The van der Waals surface area contributed by atoms with Crippen molar-refractivity contribution in [1.82, 2.24) is 0 Å². The summed E-state index contributed by atoms with van der Waals surface area (Å²) in [5.74, 6) is -0.490. The number of rotatable bonds is 4. The van der Waals surface area contributed by atoms with E-state index in [1.807, 2.05) is 13.8 Å². The van der Waals surface area contributed by atoms with Crippen LogP contribution in [-0.4, -0.2) is 5.91 Å². The van der Waals surface area contributed by atoms with Crippen LogP contribution in [0.15, 0.2) is 42.5 Å². The van der Waals surface area contributed by atoms with Gasteiger partial charge in [-0.05, 0) is 37.6 Å². The fourth-order valence-corrected chi connectivity index (χ4v) is 2.06. The summed E-state index contributed by atoms with van der Waals surface area (Å²) in [7, 11) is 0. The molecule has 0 aromatic heterocycles. The standard InChI is InChI=1S/C16H19N3O/c1-10-3-5-12(6-4-10)11(2)19-15-8-7-13(17)9-14(15)16(18)20/h3-9,11,19H,17H2,1-2H3,(H2,18,20). The number of hydrogen-bond acceptors (Lipinski definition) is 3. The number of benzene rings is 2. The fourth-order valence-electron chi connectivity index (χ4n) is 2.06. The Morgan fingerprint density at radius 1 is 1.15 bits per heavy atom. The Hall–Kier alpha value is -2.49. The maximum absolute atomic E-state index is 11.5. The molecular weight excluding hydrogens is 250 g/mol. The van der Waals surface area contributed by atoms with E-state index in [9.17, 15) is 4.79 Å². The van der Waals surface area contributed by atoms with Gasteiger partial charge in [0.15, 0.2) is 0 Å². The van der Waals surface area contributed by atoms with Crippen LogP contribution >= 0.6 is 0 Å². The van der Waals surface area contributed by atoms with Crippen molar-refractivity contribution in [3.8, 4) is 0 Å². The number of nitrogens with one attached hydrogen (secondary N) is 1. The minimum Gasteiger partial charge on any atom is -0.399 e. The van der Waals surface area contributed by atoms with Gasteiger partial charge < -0.3 is 16.8 Å². The van der Waals surface area contributed by atoms with Crippen molar-refractivity contribution in [3.63, 3.8) is 0 Å². The molecule has 0 bridgehead atoms. The first-order chi connectivity index (χ1) is 9.47. The van der Waals surface area contributed by atoms with Crippen molar-refractivity contribution >= 4 is 17.3 Å². The molecule has 1 atom stereocenters. The molecule has 2 aromatic carbocycles. The predicted molar refractivity (Wildman–Crippen MR) is 82.6 cm³/mol. The number of primary amides is 1. The van der Waals surface area contributed by atoms with Crippen LogP contribution in [0.25, 0.3) is 0 Å². The number of carbonyl (C=O) groups excluding carboxylic acids is 1. The first-order valence-corrected chi connectivity index (χ1v) is 6.50. The molecule has 20 heavy (non-hydrogen) atoms. The third kappa shape index (κ3) is 3.09. The second-order valence-electron chi connectivity index (χ2n) is 4.95. The normalized spacial score (nSPS) is 11.9. The van der Waals surface area contributed by atoms with E-state index < -0.39 is 5.91 Å². The van der Waals surface area contributed by atoms with Gasteiger partial charge in [0.1, 0.15) is 0 Å². The third-order valence-corrected chi connectivity index (χ3v) is 3.26. The molecule has 0 aliphatic rings. The van der Waals surface area contributed by atoms with Crippen LogP contribution in [0.3, 0.4) is 0 Å². The first-order valence-electron chi connectivity index (χ1n) is 6.50. The molecule has 4 heteroatoms. The number of amides is 1. The summed E-state index contributed by atoms with van der Waals surface area (Å²) in [6.45, 7) is 4.08. The Labute approximate surface area is 118 Å². The molecule has 0 heterocycles. The lowest BCUT2D eigenvalue weighted by Gasteiger charge is -2.18. The molecule has 0 aliphatic carbocycles.